The first kappa shape index (κ1) is 23.7. The normalized spacial score (nSPS) is 42.9. The third-order valence-electron chi connectivity index (χ3n) is 4.69. The predicted molar refractivity (Wildman–Crippen MR) is 90.7 cm³/mol. The van der Waals surface area contributed by atoms with Crippen molar-refractivity contribution < 1.29 is 54.4 Å². The van der Waals surface area contributed by atoms with Crippen molar-refractivity contribution in [3.05, 3.63) is 0 Å². The van der Waals surface area contributed by atoms with Crippen molar-refractivity contribution in [2.45, 2.75) is 68.2 Å². The molecule has 2 aliphatic rings. The van der Waals surface area contributed by atoms with Gasteiger partial charge in [0.05, 0.1) is 13.2 Å². The highest BCUT2D eigenvalue weighted by atomic mass is 16.7. The zero-order valence-electron chi connectivity index (χ0n) is 15.5. The number of primary amides is 1. The molecule has 168 valence electrons. The van der Waals surface area contributed by atoms with Crippen LogP contribution in [0.4, 0.5) is 4.79 Å². The number of hydrogen-bond acceptors (Lipinski definition) is 11. The molecule has 2 aliphatic heterocycles. The number of rotatable bonds is 6. The lowest BCUT2D eigenvalue weighted by molar-refractivity contribution is -0.336. The lowest BCUT2D eigenvalue weighted by Gasteiger charge is -2.47. The fourth-order valence-electron chi connectivity index (χ4n) is 3.26. The Bertz CT molecular complexity index is 580. The Labute approximate surface area is 165 Å². The number of carbonyl (C=O) groups excluding carboxylic acids is 2. The minimum atomic E-state index is -1.76. The molecule has 0 spiro atoms. The number of urea groups is 1. The smallest absolute Gasteiger partial charge is 0.314 e. The molecular weight excluding hydrogens is 398 g/mol. The van der Waals surface area contributed by atoms with Gasteiger partial charge in [0, 0.05) is 6.92 Å². The molecule has 0 aromatic heterocycles. The zero-order chi connectivity index (χ0) is 21.9. The van der Waals surface area contributed by atoms with Gasteiger partial charge in [-0.2, -0.15) is 0 Å². The summed E-state index contributed by atoms with van der Waals surface area (Å²) >= 11 is 0. The molecule has 14 heteroatoms. The maximum Gasteiger partial charge on any atom is 0.314 e. The van der Waals surface area contributed by atoms with Gasteiger partial charge >= 0.3 is 6.03 Å². The van der Waals surface area contributed by atoms with E-state index in [0.717, 1.165) is 6.92 Å². The van der Waals surface area contributed by atoms with Crippen LogP contribution in [-0.2, 0) is 19.0 Å². The van der Waals surface area contributed by atoms with Gasteiger partial charge in [-0.05, 0) is 0 Å². The Kier molecular flexibility index (Phi) is 8.10. The second-order valence-corrected chi connectivity index (χ2v) is 6.80. The molecule has 14 nitrogen and oxygen atoms in total. The number of amides is 3. The zero-order valence-corrected chi connectivity index (χ0v) is 15.5. The summed E-state index contributed by atoms with van der Waals surface area (Å²) in [6.07, 6.45) is -13.6. The van der Waals surface area contributed by atoms with Crippen LogP contribution >= 0.6 is 0 Å². The summed E-state index contributed by atoms with van der Waals surface area (Å²) in [4.78, 5) is 22.7. The van der Waals surface area contributed by atoms with E-state index in [9.17, 15) is 40.2 Å². The standard InChI is InChI=1S/C15H27N3O11/c1-4(21)17-7-9(23)12(6(3-20)27-13(7)18-15(16)26)29-14-11(25)10(24)8(22)5(2-19)28-14/h5-14,19-20,22-25H,2-3H2,1H3,(H,17,21)(H3,16,18,26)/t5-,6-,7-,8-,9-,10+,11+,12-,13-,14+/m1/s1. The molecule has 2 heterocycles. The van der Waals surface area contributed by atoms with Crippen LogP contribution < -0.4 is 16.4 Å². The second kappa shape index (κ2) is 9.92. The van der Waals surface area contributed by atoms with Gasteiger partial charge in [-0.15, -0.1) is 0 Å². The van der Waals surface area contributed by atoms with E-state index in [0.29, 0.717) is 0 Å². The molecule has 3 amide bonds. The molecule has 2 saturated heterocycles. The monoisotopic (exact) mass is 425 g/mol. The van der Waals surface area contributed by atoms with Gasteiger partial charge in [0.2, 0.25) is 5.91 Å². The van der Waals surface area contributed by atoms with Gasteiger partial charge in [0.1, 0.15) is 48.8 Å². The summed E-state index contributed by atoms with van der Waals surface area (Å²) in [5.74, 6) is -0.581. The molecular formula is C15H27N3O11. The number of nitrogens with two attached hydrogens (primary N) is 1. The summed E-state index contributed by atoms with van der Waals surface area (Å²) in [6.45, 7) is -0.250. The van der Waals surface area contributed by atoms with Gasteiger partial charge in [-0.3, -0.25) is 4.79 Å². The third kappa shape index (κ3) is 5.30. The van der Waals surface area contributed by atoms with Gasteiger partial charge in [-0.25, -0.2) is 4.79 Å². The van der Waals surface area contributed by atoms with Crippen LogP contribution in [0.3, 0.4) is 0 Å². The van der Waals surface area contributed by atoms with Crippen LogP contribution in [0.15, 0.2) is 0 Å². The minimum absolute atomic E-state index is 0.581. The maximum atomic E-state index is 11.5. The molecule has 0 aromatic rings. The summed E-state index contributed by atoms with van der Waals surface area (Å²) in [7, 11) is 0. The number of nitrogens with one attached hydrogen (secondary N) is 2. The van der Waals surface area contributed by atoms with E-state index in [1.807, 2.05) is 0 Å². The Morgan fingerprint density at radius 3 is 2.07 bits per heavy atom. The molecule has 0 bridgehead atoms. The number of aliphatic hydroxyl groups excluding tert-OH is 6. The van der Waals surface area contributed by atoms with Crippen LogP contribution in [0.25, 0.3) is 0 Å². The minimum Gasteiger partial charge on any atom is -0.394 e. The molecule has 0 radical (unpaired) electrons. The van der Waals surface area contributed by atoms with Crippen molar-refractivity contribution in [1.29, 1.82) is 0 Å². The average Bonchev–Trinajstić information content (AvgIpc) is 2.66. The molecule has 2 fully saturated rings. The van der Waals surface area contributed by atoms with E-state index in [1.165, 1.54) is 0 Å². The van der Waals surface area contributed by atoms with Crippen molar-refractivity contribution in [3.8, 4) is 0 Å². The molecule has 0 unspecified atom stereocenters. The van der Waals surface area contributed by atoms with Crippen LogP contribution in [0, 0.1) is 0 Å². The van der Waals surface area contributed by atoms with E-state index in [-0.39, 0.29) is 0 Å². The van der Waals surface area contributed by atoms with Crippen molar-refractivity contribution in [2.75, 3.05) is 13.2 Å². The first-order valence-corrected chi connectivity index (χ1v) is 8.84. The molecule has 10 atom stereocenters. The van der Waals surface area contributed by atoms with Crippen molar-refractivity contribution in [2.24, 2.45) is 5.73 Å². The number of aliphatic hydroxyl groups is 6. The summed E-state index contributed by atoms with van der Waals surface area (Å²) < 4.78 is 16.2. The van der Waals surface area contributed by atoms with E-state index >= 15 is 0 Å². The lowest BCUT2D eigenvalue weighted by atomic mass is 9.94. The van der Waals surface area contributed by atoms with Crippen LogP contribution in [0.5, 0.6) is 0 Å². The highest BCUT2D eigenvalue weighted by Gasteiger charge is 2.51. The maximum absolute atomic E-state index is 11.5. The molecule has 0 aliphatic carbocycles. The summed E-state index contributed by atoms with van der Waals surface area (Å²) in [5, 5.41) is 63.9. The molecule has 0 aromatic carbocycles. The topological polar surface area (TPSA) is 233 Å². The van der Waals surface area contributed by atoms with Crippen LogP contribution in [0.1, 0.15) is 6.92 Å². The molecule has 0 saturated carbocycles. The van der Waals surface area contributed by atoms with E-state index in [2.05, 4.69) is 10.6 Å². The Morgan fingerprint density at radius 2 is 1.55 bits per heavy atom. The predicted octanol–water partition coefficient (Wildman–Crippen LogP) is -5.58. The molecule has 2 rings (SSSR count). The SMILES string of the molecule is CC(=O)N[C@@H]1[C@@H](O)[C@H](O[C@@H]2O[C@H](CO)[C@@H](O)[C@H](O)[C@@H]2O)[C@@H](CO)O[C@H]1NC(N)=O. The Morgan fingerprint density at radius 1 is 0.931 bits per heavy atom. The van der Waals surface area contributed by atoms with Gasteiger partial charge in [0.25, 0.3) is 0 Å². The van der Waals surface area contributed by atoms with Crippen LogP contribution in [-0.4, -0.2) is 117 Å². The van der Waals surface area contributed by atoms with E-state index in [4.69, 9.17) is 19.9 Å². The fraction of sp³-hybridized carbons (Fsp3) is 0.867. The Hall–Kier alpha value is -1.62. The average molecular weight is 425 g/mol. The highest BCUT2D eigenvalue weighted by Crippen LogP contribution is 2.28. The Balaban J connectivity index is 2.23. The van der Waals surface area contributed by atoms with Gasteiger partial charge < -0.3 is 61.2 Å². The largest absolute Gasteiger partial charge is 0.394 e. The van der Waals surface area contributed by atoms with E-state index < -0.39 is 86.4 Å². The van der Waals surface area contributed by atoms with Crippen molar-refractivity contribution in [3.63, 3.8) is 0 Å². The second-order valence-electron chi connectivity index (χ2n) is 6.80. The lowest BCUT2D eigenvalue weighted by Crippen LogP contribution is -2.70. The quantitative estimate of drug-likeness (QED) is 0.194. The molecule has 29 heavy (non-hydrogen) atoms. The first-order chi connectivity index (χ1) is 13.6. The first-order valence-electron chi connectivity index (χ1n) is 8.84. The number of ether oxygens (including phenoxy) is 3. The van der Waals surface area contributed by atoms with Gasteiger partial charge in [-0.1, -0.05) is 0 Å². The molecule has 10 N–H and O–H groups in total. The third-order valence-corrected chi connectivity index (χ3v) is 4.69. The number of carbonyl (C=O) groups is 2. The van der Waals surface area contributed by atoms with Gasteiger partial charge in [0.15, 0.2) is 12.5 Å². The number of hydrogen-bond donors (Lipinski definition) is 9. The van der Waals surface area contributed by atoms with Crippen molar-refractivity contribution in [1.82, 2.24) is 10.6 Å². The summed E-state index contributed by atoms with van der Waals surface area (Å²) in [6, 6.07) is -2.26. The van der Waals surface area contributed by atoms with E-state index in [1.54, 1.807) is 0 Å². The van der Waals surface area contributed by atoms with Crippen molar-refractivity contribution >= 4 is 11.9 Å². The van der Waals surface area contributed by atoms with Crippen LogP contribution in [0.2, 0.25) is 0 Å². The fourth-order valence-corrected chi connectivity index (χ4v) is 3.26. The summed E-state index contributed by atoms with van der Waals surface area (Å²) in [5.41, 5.74) is 5.06. The highest BCUT2D eigenvalue weighted by molar-refractivity contribution is 5.74.